The van der Waals surface area contributed by atoms with Crippen LogP contribution in [0.3, 0.4) is 0 Å². The molecule has 3 aromatic carbocycles. The molecule has 7 nitrogen and oxygen atoms in total. The van der Waals surface area contributed by atoms with E-state index in [1.54, 1.807) is 52.6 Å². The van der Waals surface area contributed by atoms with Gasteiger partial charge >= 0.3 is 5.97 Å². The number of aliphatic hydroxyl groups excluding tert-OH is 1. The Balaban J connectivity index is 1.64. The molecule has 1 unspecified atom stereocenters. The van der Waals surface area contributed by atoms with Gasteiger partial charge in [-0.05, 0) is 53.1 Å². The minimum Gasteiger partial charge on any atom is -0.481 e. The molecule has 0 radical (unpaired) electrons. The molecule has 0 spiro atoms. The predicted octanol–water partition coefficient (Wildman–Crippen LogP) is 5.43. The zero-order valence-corrected chi connectivity index (χ0v) is 22.8. The van der Waals surface area contributed by atoms with Crippen LogP contribution in [-0.4, -0.2) is 52.6 Å². The Morgan fingerprint density at radius 1 is 0.800 bits per heavy atom. The topological polar surface area (TPSA) is 107 Å². The van der Waals surface area contributed by atoms with Crippen LogP contribution in [0.2, 0.25) is 0 Å². The zero-order chi connectivity index (χ0) is 28.3. The van der Waals surface area contributed by atoms with Crippen LogP contribution >= 0.6 is 11.3 Å². The van der Waals surface area contributed by atoms with E-state index >= 15 is 0 Å². The Morgan fingerprint density at radius 3 is 2.10 bits per heavy atom. The fourth-order valence-corrected chi connectivity index (χ4v) is 5.31. The first kappa shape index (κ1) is 28.7. The van der Waals surface area contributed by atoms with E-state index < -0.39 is 5.97 Å². The number of aliphatic hydroxyl groups is 1. The van der Waals surface area contributed by atoms with Crippen LogP contribution in [0.1, 0.15) is 50.0 Å². The second-order valence-electron chi connectivity index (χ2n) is 9.31. The lowest BCUT2D eigenvalue weighted by Crippen LogP contribution is -2.35. The van der Waals surface area contributed by atoms with Crippen molar-refractivity contribution in [2.24, 2.45) is 0 Å². The highest BCUT2D eigenvalue weighted by Crippen LogP contribution is 2.29. The average Bonchev–Trinajstić information content (AvgIpc) is 3.51. The third kappa shape index (κ3) is 7.43. The number of carbonyl (C=O) groups is 3. The molecule has 1 heterocycles. The fourth-order valence-electron chi connectivity index (χ4n) is 4.61. The van der Waals surface area contributed by atoms with Crippen molar-refractivity contribution in [1.82, 2.24) is 10.2 Å². The molecule has 0 aliphatic heterocycles. The van der Waals surface area contributed by atoms with Gasteiger partial charge in [-0.1, -0.05) is 72.8 Å². The summed E-state index contributed by atoms with van der Waals surface area (Å²) >= 11 is 1.59. The average molecular weight is 557 g/mol. The molecule has 0 fully saturated rings. The van der Waals surface area contributed by atoms with Gasteiger partial charge in [0.05, 0.1) is 12.5 Å². The van der Waals surface area contributed by atoms with E-state index in [0.717, 1.165) is 10.4 Å². The number of aliphatic carboxylic acids is 1. The van der Waals surface area contributed by atoms with Gasteiger partial charge in [0.15, 0.2) is 0 Å². The van der Waals surface area contributed by atoms with Gasteiger partial charge in [-0.25, -0.2) is 0 Å². The number of nitrogens with zero attached hydrogens (tertiary/aromatic N) is 1. The van der Waals surface area contributed by atoms with Gasteiger partial charge in [0.25, 0.3) is 11.8 Å². The Hall–Kier alpha value is -4.27. The van der Waals surface area contributed by atoms with Gasteiger partial charge in [0.1, 0.15) is 0 Å². The van der Waals surface area contributed by atoms with Gasteiger partial charge in [0, 0.05) is 35.7 Å². The second kappa shape index (κ2) is 14.2. The van der Waals surface area contributed by atoms with E-state index in [0.29, 0.717) is 41.6 Å². The molecule has 2 amide bonds. The number of thiophene rings is 1. The predicted molar refractivity (Wildman–Crippen MR) is 156 cm³/mol. The van der Waals surface area contributed by atoms with Crippen LogP contribution in [0.4, 0.5) is 0 Å². The first-order valence-corrected chi connectivity index (χ1v) is 14.0. The lowest BCUT2D eigenvalue weighted by atomic mass is 9.93. The maximum atomic E-state index is 13.8. The van der Waals surface area contributed by atoms with Crippen LogP contribution < -0.4 is 5.32 Å². The Bertz CT molecular complexity index is 1420. The van der Waals surface area contributed by atoms with Crippen molar-refractivity contribution in [3.05, 3.63) is 118 Å². The number of hydrogen-bond acceptors (Lipinski definition) is 5. The number of carbonyl (C=O) groups excluding carboxylic acids is 2. The summed E-state index contributed by atoms with van der Waals surface area (Å²) in [5, 5.41) is 23.9. The largest absolute Gasteiger partial charge is 0.481 e. The summed E-state index contributed by atoms with van der Waals surface area (Å²) in [4.78, 5) is 41.4. The van der Waals surface area contributed by atoms with Gasteiger partial charge < -0.3 is 20.4 Å². The highest BCUT2D eigenvalue weighted by atomic mass is 32.1. The minimum absolute atomic E-state index is 0.0793. The molecule has 1 aromatic heterocycles. The molecule has 0 aliphatic rings. The molecule has 4 aromatic rings. The third-order valence-electron chi connectivity index (χ3n) is 6.64. The summed E-state index contributed by atoms with van der Waals surface area (Å²) in [6.07, 6.45) is 0.814. The number of benzene rings is 3. The zero-order valence-electron chi connectivity index (χ0n) is 22.0. The molecule has 0 aliphatic carbocycles. The van der Waals surface area contributed by atoms with Crippen molar-refractivity contribution in [3.63, 3.8) is 0 Å². The van der Waals surface area contributed by atoms with E-state index in [1.807, 2.05) is 60.0 Å². The lowest BCUT2D eigenvalue weighted by Gasteiger charge is -2.24. The molecule has 0 saturated carbocycles. The molecule has 40 heavy (non-hydrogen) atoms. The van der Waals surface area contributed by atoms with Gasteiger partial charge in [-0.3, -0.25) is 14.4 Å². The van der Waals surface area contributed by atoms with Crippen molar-refractivity contribution in [2.75, 3.05) is 19.7 Å². The molecule has 3 N–H and O–H groups in total. The SMILES string of the molecule is O=C(O)CCN(CCc1cccs1)C(=O)c1ccccc1-c1ccccc1C(=O)NC(CCO)c1ccccc1. The first-order valence-electron chi connectivity index (χ1n) is 13.2. The van der Waals surface area contributed by atoms with Crippen LogP contribution in [-0.2, 0) is 11.2 Å². The van der Waals surface area contributed by atoms with E-state index in [-0.39, 0.29) is 37.4 Å². The Labute approximate surface area is 237 Å². The Morgan fingerprint density at radius 2 is 1.45 bits per heavy atom. The van der Waals surface area contributed by atoms with Gasteiger partial charge in [-0.15, -0.1) is 11.3 Å². The number of carboxylic acids is 1. The number of rotatable bonds is 13. The smallest absolute Gasteiger partial charge is 0.305 e. The first-order chi connectivity index (χ1) is 19.5. The molecular weight excluding hydrogens is 524 g/mol. The monoisotopic (exact) mass is 556 g/mol. The summed E-state index contributed by atoms with van der Waals surface area (Å²) in [5.41, 5.74) is 2.87. The molecule has 0 bridgehead atoms. The van der Waals surface area contributed by atoms with Crippen LogP contribution in [0.15, 0.2) is 96.4 Å². The second-order valence-corrected chi connectivity index (χ2v) is 10.3. The minimum atomic E-state index is -0.972. The lowest BCUT2D eigenvalue weighted by molar-refractivity contribution is -0.137. The van der Waals surface area contributed by atoms with Crippen LogP contribution in [0.25, 0.3) is 11.1 Å². The fraction of sp³-hybridized carbons (Fsp3) is 0.219. The highest BCUT2D eigenvalue weighted by Gasteiger charge is 2.24. The van der Waals surface area contributed by atoms with E-state index in [1.165, 1.54) is 0 Å². The van der Waals surface area contributed by atoms with Crippen molar-refractivity contribution >= 4 is 29.1 Å². The number of nitrogens with one attached hydrogen (secondary N) is 1. The molecule has 8 heteroatoms. The maximum absolute atomic E-state index is 13.8. The summed E-state index contributed by atoms with van der Waals surface area (Å²) in [5.74, 6) is -1.58. The molecule has 1 atom stereocenters. The van der Waals surface area contributed by atoms with Gasteiger partial charge in [-0.2, -0.15) is 0 Å². The quantitative estimate of drug-likeness (QED) is 0.204. The van der Waals surface area contributed by atoms with Gasteiger partial charge in [0.2, 0.25) is 0 Å². The summed E-state index contributed by atoms with van der Waals surface area (Å²) < 4.78 is 0. The molecule has 4 rings (SSSR count). The van der Waals surface area contributed by atoms with E-state index in [4.69, 9.17) is 0 Å². The third-order valence-corrected chi connectivity index (χ3v) is 7.57. The maximum Gasteiger partial charge on any atom is 0.305 e. The van der Waals surface area contributed by atoms with Crippen molar-refractivity contribution in [2.45, 2.75) is 25.3 Å². The molecular formula is C32H32N2O5S. The normalized spacial score (nSPS) is 11.5. The molecule has 0 saturated heterocycles. The van der Waals surface area contributed by atoms with Crippen LogP contribution in [0, 0.1) is 0 Å². The summed E-state index contributed by atoms with van der Waals surface area (Å²) in [6.45, 7) is 0.370. The Kier molecular flexibility index (Phi) is 10.2. The number of carboxylic acid groups (broad SMARTS) is 1. The summed E-state index contributed by atoms with van der Waals surface area (Å²) in [7, 11) is 0. The van der Waals surface area contributed by atoms with E-state index in [9.17, 15) is 24.6 Å². The van der Waals surface area contributed by atoms with Crippen molar-refractivity contribution < 1.29 is 24.6 Å². The standard InChI is InChI=1S/C32H32N2O5S/c35-21-18-29(23-9-2-1-3-10-23)33-31(38)27-14-6-4-12-25(27)26-13-5-7-15-28(26)32(39)34(20-17-30(36)37)19-16-24-11-8-22-40-24/h1-15,22,29,35H,16-21H2,(H,33,38)(H,36,37). The van der Waals surface area contributed by atoms with E-state index in [2.05, 4.69) is 5.32 Å². The molecule has 206 valence electrons. The number of amides is 2. The van der Waals surface area contributed by atoms with Crippen molar-refractivity contribution in [3.8, 4) is 11.1 Å². The van der Waals surface area contributed by atoms with Crippen LogP contribution in [0.5, 0.6) is 0 Å². The number of hydrogen-bond donors (Lipinski definition) is 3. The highest BCUT2D eigenvalue weighted by molar-refractivity contribution is 7.09. The van der Waals surface area contributed by atoms with Crippen molar-refractivity contribution in [1.29, 1.82) is 0 Å². The summed E-state index contributed by atoms with van der Waals surface area (Å²) in [6, 6.07) is 27.2.